The van der Waals surface area contributed by atoms with E-state index >= 15 is 0 Å². The summed E-state index contributed by atoms with van der Waals surface area (Å²) < 4.78 is 21.6. The molecule has 1 aromatic rings. The van der Waals surface area contributed by atoms with Gasteiger partial charge in [-0.2, -0.15) is 11.3 Å². The smallest absolute Gasteiger partial charge is 0.250 e. The second kappa shape index (κ2) is 2.85. The van der Waals surface area contributed by atoms with E-state index in [0.29, 0.717) is 0 Å². The topological polar surface area (TPSA) is 103 Å². The summed E-state index contributed by atoms with van der Waals surface area (Å²) >= 11 is 1.06. The highest BCUT2D eigenvalue weighted by atomic mass is 32.2. The number of sulfonamides is 1. The quantitative estimate of drug-likeness (QED) is 0.681. The summed E-state index contributed by atoms with van der Waals surface area (Å²) in [5.41, 5.74) is 4.85. The first-order valence-electron chi connectivity index (χ1n) is 2.81. The van der Waals surface area contributed by atoms with Gasteiger partial charge in [0, 0.05) is 10.8 Å². The van der Waals surface area contributed by atoms with Gasteiger partial charge in [0.1, 0.15) is 4.90 Å². The Morgan fingerprint density at radius 2 is 2.00 bits per heavy atom. The number of primary sulfonamides is 1. The van der Waals surface area contributed by atoms with Crippen molar-refractivity contribution >= 4 is 27.3 Å². The lowest BCUT2D eigenvalue weighted by Crippen LogP contribution is -2.18. The van der Waals surface area contributed by atoms with Crippen molar-refractivity contribution in [3.05, 3.63) is 16.3 Å². The molecule has 1 aromatic heterocycles. The average molecular weight is 206 g/mol. The molecule has 5 nitrogen and oxygen atoms in total. The lowest BCUT2D eigenvalue weighted by Gasteiger charge is -1.95. The van der Waals surface area contributed by atoms with E-state index in [1.165, 1.54) is 10.8 Å². The summed E-state index contributed by atoms with van der Waals surface area (Å²) in [5, 5.41) is 7.43. The van der Waals surface area contributed by atoms with Crippen LogP contribution in [0.1, 0.15) is 10.4 Å². The van der Waals surface area contributed by atoms with Crippen molar-refractivity contribution in [2.75, 3.05) is 0 Å². The van der Waals surface area contributed by atoms with Crippen molar-refractivity contribution in [3.8, 4) is 0 Å². The van der Waals surface area contributed by atoms with E-state index in [1.54, 1.807) is 0 Å². The second-order valence-electron chi connectivity index (χ2n) is 2.06. The molecule has 0 aliphatic rings. The number of hydrogen-bond donors (Lipinski definition) is 2. The Morgan fingerprint density at radius 3 is 2.33 bits per heavy atom. The van der Waals surface area contributed by atoms with Gasteiger partial charge in [-0.1, -0.05) is 0 Å². The van der Waals surface area contributed by atoms with Gasteiger partial charge in [0.2, 0.25) is 10.0 Å². The predicted octanol–water partition coefficient (Wildman–Crippen LogP) is -0.506. The summed E-state index contributed by atoms with van der Waals surface area (Å²) in [6.45, 7) is 0. The van der Waals surface area contributed by atoms with E-state index in [1.807, 2.05) is 0 Å². The van der Waals surface area contributed by atoms with Gasteiger partial charge in [-0.05, 0) is 0 Å². The van der Waals surface area contributed by atoms with Crippen LogP contribution in [-0.4, -0.2) is 14.3 Å². The molecule has 4 N–H and O–H groups in total. The Kier molecular flexibility index (Phi) is 2.18. The van der Waals surface area contributed by atoms with Gasteiger partial charge in [0.15, 0.2) is 0 Å². The monoisotopic (exact) mass is 206 g/mol. The molecule has 0 saturated carbocycles. The van der Waals surface area contributed by atoms with Crippen LogP contribution in [0.2, 0.25) is 0 Å². The van der Waals surface area contributed by atoms with Gasteiger partial charge in [-0.15, -0.1) is 0 Å². The highest BCUT2D eigenvalue weighted by Gasteiger charge is 2.17. The van der Waals surface area contributed by atoms with Crippen molar-refractivity contribution in [1.82, 2.24) is 0 Å². The van der Waals surface area contributed by atoms with Gasteiger partial charge in [-0.3, -0.25) is 4.79 Å². The number of thiophene rings is 1. The van der Waals surface area contributed by atoms with Crippen molar-refractivity contribution in [2.45, 2.75) is 4.90 Å². The normalized spacial score (nSPS) is 11.4. The minimum absolute atomic E-state index is 0.0532. The Hall–Kier alpha value is -0.920. The molecule has 1 rings (SSSR count). The van der Waals surface area contributed by atoms with Crippen LogP contribution in [0.15, 0.2) is 15.7 Å². The van der Waals surface area contributed by atoms with Gasteiger partial charge in [0.05, 0.1) is 5.56 Å². The largest absolute Gasteiger partial charge is 0.366 e. The third-order valence-corrected chi connectivity index (χ3v) is 3.04. The molecule has 66 valence electrons. The number of amides is 1. The Bertz CT molecular complexity index is 406. The molecule has 0 radical (unpaired) electrons. The molecular weight excluding hydrogens is 200 g/mol. The molecule has 1 amide bonds. The van der Waals surface area contributed by atoms with Crippen molar-refractivity contribution in [3.63, 3.8) is 0 Å². The van der Waals surface area contributed by atoms with Crippen molar-refractivity contribution in [2.24, 2.45) is 10.9 Å². The molecule has 0 aliphatic carbocycles. The third-order valence-electron chi connectivity index (χ3n) is 1.20. The van der Waals surface area contributed by atoms with Gasteiger partial charge >= 0.3 is 0 Å². The average Bonchev–Trinajstić information content (AvgIpc) is 2.30. The minimum atomic E-state index is -3.83. The van der Waals surface area contributed by atoms with Gasteiger partial charge in [-0.25, -0.2) is 13.6 Å². The zero-order valence-corrected chi connectivity index (χ0v) is 7.48. The van der Waals surface area contributed by atoms with E-state index in [4.69, 9.17) is 10.9 Å². The summed E-state index contributed by atoms with van der Waals surface area (Å²) in [4.78, 5) is 10.4. The van der Waals surface area contributed by atoms with Crippen LogP contribution in [0.25, 0.3) is 0 Å². The fourth-order valence-electron chi connectivity index (χ4n) is 0.685. The molecule has 0 fully saturated rings. The van der Waals surface area contributed by atoms with Crippen LogP contribution in [0.3, 0.4) is 0 Å². The van der Waals surface area contributed by atoms with E-state index in [9.17, 15) is 13.2 Å². The number of rotatable bonds is 2. The molecule has 0 saturated heterocycles. The zero-order valence-electron chi connectivity index (χ0n) is 5.85. The van der Waals surface area contributed by atoms with Crippen LogP contribution >= 0.6 is 11.3 Å². The van der Waals surface area contributed by atoms with Crippen molar-refractivity contribution in [1.29, 1.82) is 0 Å². The first kappa shape index (κ1) is 9.17. The maximum Gasteiger partial charge on any atom is 0.250 e. The molecule has 12 heavy (non-hydrogen) atoms. The van der Waals surface area contributed by atoms with Crippen LogP contribution in [0, 0.1) is 0 Å². The van der Waals surface area contributed by atoms with Gasteiger partial charge < -0.3 is 5.73 Å². The second-order valence-corrected chi connectivity index (χ2v) is 4.33. The highest BCUT2D eigenvalue weighted by molar-refractivity contribution is 7.89. The first-order valence-corrected chi connectivity index (χ1v) is 5.30. The van der Waals surface area contributed by atoms with E-state index in [0.717, 1.165) is 11.3 Å². The Labute approximate surface area is 73.0 Å². The number of carbonyl (C=O) groups is 1. The zero-order chi connectivity index (χ0) is 9.35. The maximum absolute atomic E-state index is 10.8. The van der Waals surface area contributed by atoms with Crippen LogP contribution in [0.5, 0.6) is 0 Å². The predicted molar refractivity (Wildman–Crippen MR) is 44.2 cm³/mol. The van der Waals surface area contributed by atoms with Crippen LogP contribution < -0.4 is 10.9 Å². The highest BCUT2D eigenvalue weighted by Crippen LogP contribution is 2.18. The molecule has 1 heterocycles. The summed E-state index contributed by atoms with van der Waals surface area (Å²) in [5.74, 6) is -0.791. The molecule has 0 atom stereocenters. The van der Waals surface area contributed by atoms with Crippen LogP contribution in [0.4, 0.5) is 0 Å². The first-order chi connectivity index (χ1) is 5.43. The lowest BCUT2D eigenvalue weighted by atomic mass is 10.3. The summed E-state index contributed by atoms with van der Waals surface area (Å²) in [6, 6.07) is 0. The lowest BCUT2D eigenvalue weighted by molar-refractivity contribution is 0.0997. The van der Waals surface area contributed by atoms with Crippen LogP contribution in [-0.2, 0) is 10.0 Å². The molecule has 0 aromatic carbocycles. The summed E-state index contributed by atoms with van der Waals surface area (Å²) in [6.07, 6.45) is 0. The molecule has 0 aliphatic heterocycles. The number of carbonyl (C=O) groups excluding carboxylic acids is 1. The van der Waals surface area contributed by atoms with Gasteiger partial charge in [0.25, 0.3) is 5.91 Å². The van der Waals surface area contributed by atoms with E-state index in [2.05, 4.69) is 0 Å². The SMILES string of the molecule is NC(=O)c1cscc1S(N)(=O)=O. The Balaban J connectivity index is 3.36. The number of nitrogens with two attached hydrogens (primary N) is 2. The molecule has 7 heteroatoms. The number of hydrogen-bond acceptors (Lipinski definition) is 4. The number of primary amides is 1. The van der Waals surface area contributed by atoms with E-state index in [-0.39, 0.29) is 10.5 Å². The Morgan fingerprint density at radius 1 is 1.42 bits per heavy atom. The molecule has 0 spiro atoms. The standard InChI is InChI=1S/C5H6N2O3S2/c6-5(8)3-1-11-2-4(3)12(7,9)10/h1-2H,(H2,6,8)(H2,7,9,10). The molecule has 0 bridgehead atoms. The fourth-order valence-corrected chi connectivity index (χ4v) is 2.63. The molecular formula is C5H6N2O3S2. The summed E-state index contributed by atoms with van der Waals surface area (Å²) in [7, 11) is -3.83. The van der Waals surface area contributed by atoms with Crippen molar-refractivity contribution < 1.29 is 13.2 Å². The minimum Gasteiger partial charge on any atom is -0.366 e. The van der Waals surface area contributed by atoms with E-state index < -0.39 is 15.9 Å². The fraction of sp³-hybridized carbons (Fsp3) is 0. The third kappa shape index (κ3) is 1.63. The molecule has 0 unspecified atom stereocenters. The maximum atomic E-state index is 10.8.